The van der Waals surface area contributed by atoms with Gasteiger partial charge in [-0.25, -0.2) is 0 Å². The number of hydrogen-bond donors (Lipinski definition) is 2. The molecule has 3 nitrogen and oxygen atoms in total. The fraction of sp³-hybridized carbons (Fsp3) is 0.533. The van der Waals surface area contributed by atoms with Crippen molar-refractivity contribution < 1.29 is 4.74 Å². The van der Waals surface area contributed by atoms with Gasteiger partial charge in [-0.3, -0.25) is 0 Å². The van der Waals surface area contributed by atoms with Gasteiger partial charge in [-0.2, -0.15) is 0 Å². The molecule has 1 aromatic rings. The summed E-state index contributed by atoms with van der Waals surface area (Å²) in [6, 6.07) is 8.41. The fourth-order valence-corrected chi connectivity index (χ4v) is 3.76. The SMILES string of the molecule is COc1ccccc1NC(=S)N[C@@H]1C[C@H]2CC[C@H]1C2. The number of anilines is 1. The van der Waals surface area contributed by atoms with Crippen molar-refractivity contribution in [3.05, 3.63) is 24.3 Å². The lowest BCUT2D eigenvalue weighted by Crippen LogP contribution is -2.40. The summed E-state index contributed by atoms with van der Waals surface area (Å²) in [7, 11) is 1.67. The maximum Gasteiger partial charge on any atom is 0.171 e. The molecule has 0 amide bonds. The maximum absolute atomic E-state index is 5.42. The zero-order valence-electron chi connectivity index (χ0n) is 11.2. The Morgan fingerprint density at radius 3 is 2.79 bits per heavy atom. The van der Waals surface area contributed by atoms with Crippen molar-refractivity contribution in [1.29, 1.82) is 0 Å². The highest BCUT2D eigenvalue weighted by Crippen LogP contribution is 2.44. The first-order valence-electron chi connectivity index (χ1n) is 6.97. The van der Waals surface area contributed by atoms with E-state index >= 15 is 0 Å². The predicted octanol–water partition coefficient (Wildman–Crippen LogP) is 3.17. The monoisotopic (exact) mass is 276 g/mol. The van der Waals surface area contributed by atoms with Crippen LogP contribution in [0.15, 0.2) is 24.3 Å². The van der Waals surface area contributed by atoms with Gasteiger partial charge in [0.15, 0.2) is 5.11 Å². The summed E-state index contributed by atoms with van der Waals surface area (Å²) in [6.07, 6.45) is 5.43. The van der Waals surface area contributed by atoms with Crippen LogP contribution in [0.5, 0.6) is 5.75 Å². The van der Waals surface area contributed by atoms with Crippen molar-refractivity contribution >= 4 is 23.0 Å². The zero-order chi connectivity index (χ0) is 13.2. The average molecular weight is 276 g/mol. The Labute approximate surface area is 119 Å². The number of ether oxygens (including phenoxy) is 1. The second-order valence-corrected chi connectivity index (χ2v) is 5.99. The molecule has 0 saturated heterocycles. The van der Waals surface area contributed by atoms with E-state index in [1.54, 1.807) is 7.11 Å². The summed E-state index contributed by atoms with van der Waals surface area (Å²) >= 11 is 5.42. The summed E-state index contributed by atoms with van der Waals surface area (Å²) in [5.74, 6) is 2.57. The maximum atomic E-state index is 5.42. The number of hydrogen-bond acceptors (Lipinski definition) is 2. The molecular formula is C15H20N2OS. The van der Waals surface area contributed by atoms with Crippen molar-refractivity contribution in [2.75, 3.05) is 12.4 Å². The third kappa shape index (κ3) is 2.68. The molecule has 0 heterocycles. The Bertz CT molecular complexity index is 477. The van der Waals surface area contributed by atoms with Gasteiger partial charge < -0.3 is 15.4 Å². The first-order chi connectivity index (χ1) is 9.26. The minimum absolute atomic E-state index is 0.563. The van der Waals surface area contributed by atoms with Gasteiger partial charge in [0.25, 0.3) is 0 Å². The van der Waals surface area contributed by atoms with Gasteiger partial charge >= 0.3 is 0 Å². The molecular weight excluding hydrogens is 256 g/mol. The largest absolute Gasteiger partial charge is 0.495 e. The number of rotatable bonds is 3. The Kier molecular flexibility index (Phi) is 3.60. The molecule has 2 fully saturated rings. The van der Waals surface area contributed by atoms with E-state index < -0.39 is 0 Å². The third-order valence-electron chi connectivity index (χ3n) is 4.41. The number of nitrogens with one attached hydrogen (secondary N) is 2. The average Bonchev–Trinajstić information content (AvgIpc) is 3.01. The van der Waals surface area contributed by atoms with Crippen LogP contribution >= 0.6 is 12.2 Å². The number of fused-ring (bicyclic) bond motifs is 2. The van der Waals surface area contributed by atoms with Crippen LogP contribution in [0, 0.1) is 11.8 Å². The molecule has 102 valence electrons. The Hall–Kier alpha value is -1.29. The van der Waals surface area contributed by atoms with E-state index in [-0.39, 0.29) is 0 Å². The summed E-state index contributed by atoms with van der Waals surface area (Å²) in [4.78, 5) is 0. The quantitative estimate of drug-likeness (QED) is 0.831. The van der Waals surface area contributed by atoms with E-state index in [2.05, 4.69) is 10.6 Å². The lowest BCUT2D eigenvalue weighted by molar-refractivity contribution is 0.391. The Morgan fingerprint density at radius 1 is 1.26 bits per heavy atom. The molecule has 1 aromatic carbocycles. The lowest BCUT2D eigenvalue weighted by atomic mass is 9.96. The smallest absolute Gasteiger partial charge is 0.171 e. The van der Waals surface area contributed by atoms with E-state index in [1.165, 1.54) is 25.7 Å². The molecule has 2 saturated carbocycles. The summed E-state index contributed by atoms with van der Waals surface area (Å²) < 4.78 is 5.32. The minimum atomic E-state index is 0.563. The van der Waals surface area contributed by atoms with E-state index in [1.807, 2.05) is 24.3 Å². The van der Waals surface area contributed by atoms with E-state index in [0.29, 0.717) is 11.2 Å². The van der Waals surface area contributed by atoms with Crippen molar-refractivity contribution in [2.24, 2.45) is 11.8 Å². The summed E-state index contributed by atoms with van der Waals surface area (Å²) in [6.45, 7) is 0. The molecule has 2 N–H and O–H groups in total. The highest BCUT2D eigenvalue weighted by atomic mass is 32.1. The number of para-hydroxylation sites is 2. The van der Waals surface area contributed by atoms with Crippen molar-refractivity contribution in [3.63, 3.8) is 0 Å². The van der Waals surface area contributed by atoms with Crippen LogP contribution < -0.4 is 15.4 Å². The fourth-order valence-electron chi connectivity index (χ4n) is 3.50. The van der Waals surface area contributed by atoms with Gasteiger partial charge in [-0.05, 0) is 55.4 Å². The molecule has 0 radical (unpaired) electrons. The van der Waals surface area contributed by atoms with Crippen LogP contribution in [0.1, 0.15) is 25.7 Å². The molecule has 19 heavy (non-hydrogen) atoms. The van der Waals surface area contributed by atoms with Gasteiger partial charge in [0, 0.05) is 6.04 Å². The number of benzene rings is 1. The third-order valence-corrected chi connectivity index (χ3v) is 4.63. The normalized spacial score (nSPS) is 28.2. The molecule has 2 aliphatic rings. The summed E-state index contributed by atoms with van der Waals surface area (Å²) in [5.41, 5.74) is 0.922. The van der Waals surface area contributed by atoms with Crippen LogP contribution in [0.2, 0.25) is 0 Å². The van der Waals surface area contributed by atoms with Crippen molar-refractivity contribution in [1.82, 2.24) is 5.32 Å². The lowest BCUT2D eigenvalue weighted by Gasteiger charge is -2.24. The van der Waals surface area contributed by atoms with Crippen molar-refractivity contribution in [2.45, 2.75) is 31.7 Å². The van der Waals surface area contributed by atoms with Gasteiger partial charge in [0.05, 0.1) is 12.8 Å². The topological polar surface area (TPSA) is 33.3 Å². The zero-order valence-corrected chi connectivity index (χ0v) is 12.0. The molecule has 0 aromatic heterocycles. The number of thiocarbonyl (C=S) groups is 1. The molecule has 2 aliphatic carbocycles. The molecule has 0 spiro atoms. The van der Waals surface area contributed by atoms with Gasteiger partial charge in [0.2, 0.25) is 0 Å². The minimum Gasteiger partial charge on any atom is -0.495 e. The molecule has 0 aliphatic heterocycles. The van der Waals surface area contributed by atoms with E-state index in [4.69, 9.17) is 17.0 Å². The van der Waals surface area contributed by atoms with Crippen LogP contribution in [0.25, 0.3) is 0 Å². The van der Waals surface area contributed by atoms with Crippen LogP contribution in [0.3, 0.4) is 0 Å². The second kappa shape index (κ2) is 5.37. The second-order valence-electron chi connectivity index (χ2n) is 5.58. The van der Waals surface area contributed by atoms with Crippen molar-refractivity contribution in [3.8, 4) is 5.75 Å². The molecule has 4 heteroatoms. The standard InChI is InChI=1S/C15H20N2OS/c1-18-14-5-3-2-4-12(14)16-15(19)17-13-9-10-6-7-11(13)8-10/h2-5,10-11,13H,6-9H2,1H3,(H2,16,17,19)/t10-,11-,13+/m0/s1. The predicted molar refractivity (Wildman–Crippen MR) is 81.6 cm³/mol. The highest BCUT2D eigenvalue weighted by Gasteiger charge is 2.39. The molecule has 0 unspecified atom stereocenters. The molecule has 3 atom stereocenters. The number of methoxy groups -OCH3 is 1. The summed E-state index contributed by atoms with van der Waals surface area (Å²) in [5, 5.41) is 7.43. The van der Waals surface area contributed by atoms with E-state index in [9.17, 15) is 0 Å². The Morgan fingerprint density at radius 2 is 2.11 bits per heavy atom. The van der Waals surface area contributed by atoms with Gasteiger partial charge in [-0.1, -0.05) is 18.6 Å². The van der Waals surface area contributed by atoms with Crippen LogP contribution in [-0.4, -0.2) is 18.3 Å². The van der Waals surface area contributed by atoms with Crippen LogP contribution in [0.4, 0.5) is 5.69 Å². The van der Waals surface area contributed by atoms with Gasteiger partial charge in [-0.15, -0.1) is 0 Å². The molecule has 3 rings (SSSR count). The van der Waals surface area contributed by atoms with Crippen LogP contribution in [-0.2, 0) is 0 Å². The van der Waals surface area contributed by atoms with Gasteiger partial charge in [0.1, 0.15) is 5.75 Å². The van der Waals surface area contributed by atoms with E-state index in [0.717, 1.165) is 23.3 Å². The Balaban J connectivity index is 1.59. The highest BCUT2D eigenvalue weighted by molar-refractivity contribution is 7.80. The first-order valence-corrected chi connectivity index (χ1v) is 7.37. The molecule has 2 bridgehead atoms. The first kappa shape index (κ1) is 12.7.